The quantitative estimate of drug-likeness (QED) is 0.903. The van der Waals surface area contributed by atoms with E-state index in [1.165, 1.54) is 12.1 Å². The van der Waals surface area contributed by atoms with E-state index in [2.05, 4.69) is 0 Å². The fourth-order valence-corrected chi connectivity index (χ4v) is 2.63. The van der Waals surface area contributed by atoms with Crippen molar-refractivity contribution >= 4 is 0 Å². The zero-order chi connectivity index (χ0) is 12.9. The van der Waals surface area contributed by atoms with Gasteiger partial charge in [0.15, 0.2) is 11.5 Å². The molecule has 1 aliphatic carbocycles. The van der Waals surface area contributed by atoms with Crippen molar-refractivity contribution in [2.24, 2.45) is 5.73 Å². The van der Waals surface area contributed by atoms with Crippen LogP contribution in [0.2, 0.25) is 0 Å². The second-order valence-corrected chi connectivity index (χ2v) is 5.05. The average molecular weight is 255 g/mol. The van der Waals surface area contributed by atoms with E-state index in [-0.39, 0.29) is 23.8 Å². The predicted molar refractivity (Wildman–Crippen MR) is 62.1 cm³/mol. The lowest BCUT2D eigenvalue weighted by atomic mass is 9.87. The molecule has 0 bridgehead atoms. The van der Waals surface area contributed by atoms with Crippen molar-refractivity contribution < 1.29 is 18.3 Å². The molecule has 2 aliphatic rings. The Morgan fingerprint density at radius 3 is 2.56 bits per heavy atom. The lowest BCUT2D eigenvalue weighted by Crippen LogP contribution is -2.31. The number of alkyl halides is 2. The Labute approximate surface area is 104 Å². The highest BCUT2D eigenvalue weighted by Crippen LogP contribution is 2.56. The van der Waals surface area contributed by atoms with Crippen molar-refractivity contribution in [3.05, 3.63) is 23.3 Å². The first kappa shape index (κ1) is 11.7. The van der Waals surface area contributed by atoms with Gasteiger partial charge in [-0.1, -0.05) is 0 Å². The molecule has 1 heterocycles. The minimum absolute atomic E-state index is 0.0267. The van der Waals surface area contributed by atoms with Crippen molar-refractivity contribution in [1.29, 1.82) is 0 Å². The highest BCUT2D eigenvalue weighted by molar-refractivity contribution is 5.56. The zero-order valence-electron chi connectivity index (χ0n) is 10.1. The molecule has 0 saturated heterocycles. The van der Waals surface area contributed by atoms with Gasteiger partial charge in [0, 0.05) is 22.6 Å². The number of hydrogen-bond acceptors (Lipinski definition) is 3. The van der Waals surface area contributed by atoms with Gasteiger partial charge >= 0.3 is 0 Å². The topological polar surface area (TPSA) is 44.5 Å². The maximum Gasteiger partial charge on any atom is 0.263 e. The molecule has 1 atom stereocenters. The van der Waals surface area contributed by atoms with E-state index in [1.807, 2.05) is 6.92 Å². The molecule has 1 aliphatic heterocycles. The summed E-state index contributed by atoms with van der Waals surface area (Å²) < 4.78 is 36.4. The van der Waals surface area contributed by atoms with E-state index in [0.29, 0.717) is 11.5 Å². The van der Waals surface area contributed by atoms with E-state index >= 15 is 0 Å². The minimum Gasteiger partial charge on any atom is -0.454 e. The van der Waals surface area contributed by atoms with Gasteiger partial charge in [-0.25, -0.2) is 8.78 Å². The Kier molecular flexibility index (Phi) is 2.48. The molecule has 1 aromatic rings. The Bertz CT molecular complexity index is 484. The van der Waals surface area contributed by atoms with Crippen LogP contribution < -0.4 is 15.2 Å². The van der Waals surface area contributed by atoms with Gasteiger partial charge in [-0.15, -0.1) is 0 Å². The molecule has 5 heteroatoms. The fourth-order valence-electron chi connectivity index (χ4n) is 2.63. The van der Waals surface area contributed by atoms with Crippen molar-refractivity contribution in [3.63, 3.8) is 0 Å². The summed E-state index contributed by atoms with van der Waals surface area (Å²) >= 11 is 0. The fraction of sp³-hybridized carbons (Fsp3) is 0.538. The summed E-state index contributed by atoms with van der Waals surface area (Å²) in [6.45, 7) is 1.99. The number of nitrogens with two attached hydrogens (primary N) is 1. The zero-order valence-corrected chi connectivity index (χ0v) is 10.1. The lowest BCUT2D eigenvalue weighted by Gasteiger charge is -2.22. The van der Waals surface area contributed by atoms with Crippen molar-refractivity contribution in [2.45, 2.75) is 37.6 Å². The van der Waals surface area contributed by atoms with Gasteiger partial charge in [-0.3, -0.25) is 0 Å². The molecule has 0 spiro atoms. The smallest absolute Gasteiger partial charge is 0.263 e. The number of benzene rings is 1. The second kappa shape index (κ2) is 3.82. The van der Waals surface area contributed by atoms with Crippen LogP contribution in [0.3, 0.4) is 0 Å². The van der Waals surface area contributed by atoms with Crippen LogP contribution in [0.15, 0.2) is 12.1 Å². The first-order chi connectivity index (χ1) is 8.54. The SMILES string of the molecule is CC(N)C1(c2cc(C(F)F)cc3c2OCO3)CC1. The summed E-state index contributed by atoms with van der Waals surface area (Å²) in [5.41, 5.74) is 6.54. The third-order valence-corrected chi connectivity index (χ3v) is 3.94. The molecule has 0 radical (unpaired) electrons. The van der Waals surface area contributed by atoms with Crippen LogP contribution in [0, 0.1) is 0 Å². The van der Waals surface area contributed by atoms with Crippen molar-refractivity contribution in [2.75, 3.05) is 6.79 Å². The predicted octanol–water partition coefficient (Wildman–Crippen LogP) is 2.73. The molecule has 1 fully saturated rings. The van der Waals surface area contributed by atoms with E-state index < -0.39 is 6.43 Å². The minimum atomic E-state index is -2.51. The van der Waals surface area contributed by atoms with Crippen LogP contribution in [-0.2, 0) is 5.41 Å². The van der Waals surface area contributed by atoms with Gasteiger partial charge in [0.05, 0.1) is 0 Å². The molecule has 0 amide bonds. The number of fused-ring (bicyclic) bond motifs is 1. The summed E-state index contributed by atoms with van der Waals surface area (Å²) in [6.07, 6.45) is -0.692. The van der Waals surface area contributed by atoms with Gasteiger partial charge in [0.1, 0.15) is 0 Å². The van der Waals surface area contributed by atoms with Gasteiger partial charge in [-0.05, 0) is 31.9 Å². The lowest BCUT2D eigenvalue weighted by molar-refractivity contribution is 0.150. The number of ether oxygens (including phenoxy) is 2. The van der Waals surface area contributed by atoms with Crippen LogP contribution in [0.5, 0.6) is 11.5 Å². The molecule has 0 aromatic heterocycles. The van der Waals surface area contributed by atoms with Crippen LogP contribution >= 0.6 is 0 Å². The van der Waals surface area contributed by atoms with E-state index in [0.717, 1.165) is 18.4 Å². The molecule has 18 heavy (non-hydrogen) atoms. The normalized spacial score (nSPS) is 21.2. The maximum absolute atomic E-state index is 12.9. The van der Waals surface area contributed by atoms with Gasteiger partial charge in [-0.2, -0.15) is 0 Å². The summed E-state index contributed by atoms with van der Waals surface area (Å²) in [7, 11) is 0. The molecular weight excluding hydrogens is 240 g/mol. The van der Waals surface area contributed by atoms with Crippen LogP contribution in [0.4, 0.5) is 8.78 Å². The van der Waals surface area contributed by atoms with E-state index in [4.69, 9.17) is 15.2 Å². The van der Waals surface area contributed by atoms with E-state index in [1.54, 1.807) is 0 Å². The number of rotatable bonds is 3. The maximum atomic E-state index is 12.9. The van der Waals surface area contributed by atoms with Gasteiger partial charge < -0.3 is 15.2 Å². The third kappa shape index (κ3) is 1.57. The molecule has 3 nitrogen and oxygen atoms in total. The molecular formula is C13H15F2NO2. The first-order valence-corrected chi connectivity index (χ1v) is 6.02. The van der Waals surface area contributed by atoms with Crippen molar-refractivity contribution in [1.82, 2.24) is 0 Å². The highest BCUT2D eigenvalue weighted by atomic mass is 19.3. The second-order valence-electron chi connectivity index (χ2n) is 5.05. The number of halogens is 2. The standard InChI is InChI=1S/C13H15F2NO2/c1-7(16)13(2-3-13)9-4-8(12(14)15)5-10-11(9)18-6-17-10/h4-5,7,12H,2-3,6,16H2,1H3. The number of hydrogen-bond donors (Lipinski definition) is 1. The van der Waals surface area contributed by atoms with E-state index in [9.17, 15) is 8.78 Å². The Morgan fingerprint density at radius 1 is 1.28 bits per heavy atom. The average Bonchev–Trinajstić information content (AvgIpc) is 3.00. The molecule has 1 unspecified atom stereocenters. The summed E-state index contributed by atoms with van der Waals surface area (Å²) in [5, 5.41) is 0. The summed E-state index contributed by atoms with van der Waals surface area (Å²) in [6, 6.07) is 2.79. The molecule has 1 aromatic carbocycles. The largest absolute Gasteiger partial charge is 0.454 e. The Balaban J connectivity index is 2.13. The Hall–Kier alpha value is -1.36. The monoisotopic (exact) mass is 255 g/mol. The van der Waals surface area contributed by atoms with Crippen LogP contribution in [-0.4, -0.2) is 12.8 Å². The molecule has 2 N–H and O–H groups in total. The van der Waals surface area contributed by atoms with Crippen LogP contribution in [0.1, 0.15) is 37.3 Å². The highest BCUT2D eigenvalue weighted by Gasteiger charge is 2.50. The van der Waals surface area contributed by atoms with Gasteiger partial charge in [0.25, 0.3) is 6.43 Å². The molecule has 98 valence electrons. The first-order valence-electron chi connectivity index (χ1n) is 6.02. The summed E-state index contributed by atoms with van der Waals surface area (Å²) in [4.78, 5) is 0. The summed E-state index contributed by atoms with van der Waals surface area (Å²) in [5.74, 6) is 1.00. The molecule has 1 saturated carbocycles. The molecule has 3 rings (SSSR count). The van der Waals surface area contributed by atoms with Crippen molar-refractivity contribution in [3.8, 4) is 11.5 Å². The van der Waals surface area contributed by atoms with Crippen LogP contribution in [0.25, 0.3) is 0 Å². The van der Waals surface area contributed by atoms with Gasteiger partial charge in [0.2, 0.25) is 6.79 Å². The third-order valence-electron chi connectivity index (χ3n) is 3.94. The Morgan fingerprint density at radius 2 is 2.00 bits per heavy atom.